The molecule has 0 aliphatic heterocycles. The fraction of sp³-hybridized carbons (Fsp3) is 0.733. The van der Waals surface area contributed by atoms with E-state index in [4.69, 9.17) is 0 Å². The van der Waals surface area contributed by atoms with Crippen molar-refractivity contribution in [2.75, 3.05) is 0 Å². The first-order valence-corrected chi connectivity index (χ1v) is 8.35. The molecule has 0 spiro atoms. The van der Waals surface area contributed by atoms with E-state index >= 15 is 0 Å². The third-order valence-electron chi connectivity index (χ3n) is 4.11. The molecule has 1 rings (SSSR count). The predicted molar refractivity (Wildman–Crippen MR) is 79.6 cm³/mol. The molecule has 110 valence electrons. The Morgan fingerprint density at radius 2 is 1.63 bits per heavy atom. The minimum Gasteiger partial charge on any atom is -0.285 e. The molecule has 4 heteroatoms. The van der Waals surface area contributed by atoms with Gasteiger partial charge in [0.1, 0.15) is 4.75 Å². The zero-order chi connectivity index (χ0) is 15.0. The van der Waals surface area contributed by atoms with Crippen molar-refractivity contribution in [1.82, 2.24) is 0 Å². The molecule has 0 saturated heterocycles. The summed E-state index contributed by atoms with van der Waals surface area (Å²) in [6, 6.07) is 0. The van der Waals surface area contributed by atoms with E-state index in [9.17, 15) is 13.0 Å². The Morgan fingerprint density at radius 3 is 1.95 bits per heavy atom. The molecule has 19 heavy (non-hydrogen) atoms. The van der Waals surface area contributed by atoms with Crippen molar-refractivity contribution in [2.45, 2.75) is 52.7 Å². The summed E-state index contributed by atoms with van der Waals surface area (Å²) >= 11 is 0. The maximum absolute atomic E-state index is 12.0. The van der Waals surface area contributed by atoms with Crippen LogP contribution in [-0.4, -0.2) is 17.7 Å². The summed E-state index contributed by atoms with van der Waals surface area (Å²) in [5.74, 6) is 0.356. The Bertz CT molecular complexity index is 495. The molecule has 1 aliphatic rings. The Morgan fingerprint density at radius 1 is 1.11 bits per heavy atom. The standard InChI is InChI=1S/C15H26O3S/c1-10(2)13-7-14(11(3)4)9-15(8-13,12(5)6)19(16,17)18/h7-8,10-12H,9H2,1-6H3,(H,16,17,18). The summed E-state index contributed by atoms with van der Waals surface area (Å²) in [4.78, 5) is 0. The van der Waals surface area contributed by atoms with Crippen LogP contribution in [0.5, 0.6) is 0 Å². The topological polar surface area (TPSA) is 54.4 Å². The van der Waals surface area contributed by atoms with Gasteiger partial charge in [0.15, 0.2) is 0 Å². The molecular weight excluding hydrogens is 260 g/mol. The second-order valence-electron chi connectivity index (χ2n) is 6.43. The van der Waals surface area contributed by atoms with Crippen molar-refractivity contribution in [2.24, 2.45) is 17.8 Å². The summed E-state index contributed by atoms with van der Waals surface area (Å²) in [6.45, 7) is 11.9. The van der Waals surface area contributed by atoms with Gasteiger partial charge in [0.25, 0.3) is 10.1 Å². The molecule has 0 aromatic heterocycles. The molecule has 0 bridgehead atoms. The van der Waals surface area contributed by atoms with Crippen LogP contribution in [0.3, 0.4) is 0 Å². The number of allylic oxidation sites excluding steroid dienone is 3. The van der Waals surface area contributed by atoms with E-state index < -0.39 is 14.9 Å². The van der Waals surface area contributed by atoms with Crippen LogP contribution < -0.4 is 0 Å². The van der Waals surface area contributed by atoms with Gasteiger partial charge in [0.2, 0.25) is 0 Å². The van der Waals surface area contributed by atoms with Crippen molar-refractivity contribution in [3.63, 3.8) is 0 Å². The highest BCUT2D eigenvalue weighted by atomic mass is 32.2. The summed E-state index contributed by atoms with van der Waals surface area (Å²) < 4.78 is 32.5. The van der Waals surface area contributed by atoms with Gasteiger partial charge in [-0.15, -0.1) is 0 Å². The summed E-state index contributed by atoms with van der Waals surface area (Å²) in [6.07, 6.45) is 4.25. The molecular formula is C15H26O3S. The van der Waals surface area contributed by atoms with Crippen molar-refractivity contribution >= 4 is 10.1 Å². The van der Waals surface area contributed by atoms with Gasteiger partial charge >= 0.3 is 0 Å². The maximum Gasteiger partial charge on any atom is 0.274 e. The van der Waals surface area contributed by atoms with Crippen LogP contribution in [-0.2, 0) is 10.1 Å². The van der Waals surface area contributed by atoms with E-state index in [1.54, 1.807) is 6.08 Å². The highest BCUT2D eigenvalue weighted by Gasteiger charge is 2.46. The van der Waals surface area contributed by atoms with Crippen molar-refractivity contribution in [3.8, 4) is 0 Å². The molecule has 1 unspecified atom stereocenters. The van der Waals surface area contributed by atoms with Gasteiger partial charge in [-0.1, -0.05) is 59.3 Å². The van der Waals surface area contributed by atoms with Gasteiger partial charge in [-0.3, -0.25) is 4.55 Å². The minimum atomic E-state index is -4.14. The lowest BCUT2D eigenvalue weighted by Crippen LogP contribution is -2.44. The first-order valence-electron chi connectivity index (χ1n) is 6.91. The van der Waals surface area contributed by atoms with E-state index in [2.05, 4.69) is 19.9 Å². The molecule has 0 amide bonds. The smallest absolute Gasteiger partial charge is 0.274 e. The monoisotopic (exact) mass is 286 g/mol. The Balaban J connectivity index is 3.48. The molecule has 0 radical (unpaired) electrons. The second-order valence-corrected chi connectivity index (χ2v) is 8.14. The lowest BCUT2D eigenvalue weighted by Gasteiger charge is -2.37. The zero-order valence-electron chi connectivity index (χ0n) is 12.8. The fourth-order valence-corrected chi connectivity index (χ4v) is 3.73. The fourth-order valence-electron chi connectivity index (χ4n) is 2.50. The third kappa shape index (κ3) is 3.11. The van der Waals surface area contributed by atoms with Crippen LogP contribution >= 0.6 is 0 Å². The predicted octanol–water partition coefficient (Wildman–Crippen LogP) is 3.84. The quantitative estimate of drug-likeness (QED) is 0.799. The van der Waals surface area contributed by atoms with Crippen molar-refractivity contribution in [3.05, 3.63) is 23.3 Å². The molecule has 0 aromatic carbocycles. The van der Waals surface area contributed by atoms with E-state index in [-0.39, 0.29) is 17.8 Å². The Hall–Kier alpha value is -0.610. The van der Waals surface area contributed by atoms with Crippen molar-refractivity contribution < 1.29 is 13.0 Å². The SMILES string of the molecule is CC(C)C1=CC(C(C)C)(S(=O)(=O)O)CC(C(C)C)=C1. The van der Waals surface area contributed by atoms with Gasteiger partial charge in [-0.2, -0.15) is 8.42 Å². The average Bonchev–Trinajstić information content (AvgIpc) is 2.26. The first kappa shape index (κ1) is 16.4. The molecule has 0 fully saturated rings. The third-order valence-corrected chi connectivity index (χ3v) is 5.80. The second kappa shape index (κ2) is 5.41. The van der Waals surface area contributed by atoms with Crippen molar-refractivity contribution in [1.29, 1.82) is 0 Å². The normalized spacial score (nSPS) is 24.9. The van der Waals surface area contributed by atoms with E-state index in [0.717, 1.165) is 11.1 Å². The number of hydrogen-bond donors (Lipinski definition) is 1. The molecule has 3 nitrogen and oxygen atoms in total. The molecule has 0 heterocycles. The molecule has 1 aliphatic carbocycles. The number of hydrogen-bond acceptors (Lipinski definition) is 2. The number of rotatable bonds is 4. The summed E-state index contributed by atoms with van der Waals surface area (Å²) in [5, 5.41) is 0. The van der Waals surface area contributed by atoms with Crippen LogP contribution in [0.1, 0.15) is 48.0 Å². The highest BCUT2D eigenvalue weighted by molar-refractivity contribution is 7.87. The Kier molecular flexibility index (Phi) is 4.68. The summed E-state index contributed by atoms with van der Waals surface area (Å²) in [5.41, 5.74) is 2.10. The van der Waals surface area contributed by atoms with Crippen LogP contribution in [0.4, 0.5) is 0 Å². The maximum atomic E-state index is 12.0. The Labute approximate surface area is 117 Å². The van der Waals surface area contributed by atoms with Gasteiger partial charge in [0.05, 0.1) is 0 Å². The first-order chi connectivity index (χ1) is 8.51. The van der Waals surface area contributed by atoms with Gasteiger partial charge in [-0.05, 0) is 29.7 Å². The highest BCUT2D eigenvalue weighted by Crippen LogP contribution is 2.42. The van der Waals surface area contributed by atoms with Gasteiger partial charge in [-0.25, -0.2) is 0 Å². The zero-order valence-corrected chi connectivity index (χ0v) is 13.6. The van der Waals surface area contributed by atoms with E-state index in [1.807, 2.05) is 27.7 Å². The van der Waals surface area contributed by atoms with Gasteiger partial charge in [0, 0.05) is 0 Å². The van der Waals surface area contributed by atoms with E-state index in [1.165, 1.54) is 0 Å². The lowest BCUT2D eigenvalue weighted by atomic mass is 9.77. The largest absolute Gasteiger partial charge is 0.285 e. The average molecular weight is 286 g/mol. The molecule has 0 aromatic rings. The minimum absolute atomic E-state index is 0.168. The molecule has 1 atom stereocenters. The van der Waals surface area contributed by atoms with Gasteiger partial charge < -0.3 is 0 Å². The van der Waals surface area contributed by atoms with E-state index in [0.29, 0.717) is 6.42 Å². The summed E-state index contributed by atoms with van der Waals surface area (Å²) in [7, 11) is -4.14. The van der Waals surface area contributed by atoms with Crippen LogP contribution in [0.25, 0.3) is 0 Å². The van der Waals surface area contributed by atoms with Crippen LogP contribution in [0.2, 0.25) is 0 Å². The molecule has 0 saturated carbocycles. The molecule has 1 N–H and O–H groups in total. The van der Waals surface area contributed by atoms with Crippen LogP contribution in [0, 0.1) is 17.8 Å². The van der Waals surface area contributed by atoms with Crippen LogP contribution in [0.15, 0.2) is 23.3 Å². The lowest BCUT2D eigenvalue weighted by molar-refractivity contribution is 0.386.